The molecule has 1 saturated heterocycles. The summed E-state index contributed by atoms with van der Waals surface area (Å²) < 4.78 is 35.2. The van der Waals surface area contributed by atoms with Crippen LogP contribution in [0.15, 0.2) is 42.6 Å². The lowest BCUT2D eigenvalue weighted by molar-refractivity contribution is -0.141. The molecule has 34 heavy (non-hydrogen) atoms. The van der Waals surface area contributed by atoms with Gasteiger partial charge in [-0.05, 0) is 62.5 Å². The molecule has 2 aromatic rings. The minimum Gasteiger partial charge on any atom is -0.398 e. The average molecular weight is 477 g/mol. The van der Waals surface area contributed by atoms with Crippen LogP contribution in [0.4, 0.5) is 18.9 Å². The van der Waals surface area contributed by atoms with Crippen molar-refractivity contribution in [3.05, 3.63) is 59.4 Å². The lowest BCUT2D eigenvalue weighted by Gasteiger charge is -2.32. The fourth-order valence-electron chi connectivity index (χ4n) is 4.43. The van der Waals surface area contributed by atoms with Gasteiger partial charge in [-0.15, -0.1) is 0 Å². The van der Waals surface area contributed by atoms with Gasteiger partial charge >= 0.3 is 6.18 Å². The van der Waals surface area contributed by atoms with Crippen LogP contribution in [0.5, 0.6) is 0 Å². The number of rotatable bonds is 5. The predicted molar refractivity (Wildman–Crippen MR) is 124 cm³/mol. The Labute approximate surface area is 197 Å². The van der Waals surface area contributed by atoms with Crippen molar-refractivity contribution in [1.29, 1.82) is 0 Å². The third-order valence-electron chi connectivity index (χ3n) is 6.36. The quantitative estimate of drug-likeness (QED) is 0.492. The zero-order valence-electron chi connectivity index (χ0n) is 19.1. The van der Waals surface area contributed by atoms with Crippen LogP contribution in [0.25, 0.3) is 0 Å². The molecule has 3 N–H and O–H groups in total. The third-order valence-corrected chi connectivity index (χ3v) is 6.36. The number of aromatic nitrogens is 1. The summed E-state index contributed by atoms with van der Waals surface area (Å²) in [5.74, 6) is 0.368. The minimum absolute atomic E-state index is 0.133. The van der Waals surface area contributed by atoms with E-state index < -0.39 is 11.9 Å². The van der Waals surface area contributed by atoms with Gasteiger partial charge in [0.05, 0.1) is 0 Å². The Morgan fingerprint density at radius 3 is 2.35 bits per heavy atom. The number of nitrogen functional groups attached to an aromatic ring is 1. The highest BCUT2D eigenvalue weighted by Gasteiger charge is 2.31. The van der Waals surface area contributed by atoms with Gasteiger partial charge in [-0.1, -0.05) is 31.0 Å². The van der Waals surface area contributed by atoms with E-state index in [-0.39, 0.29) is 11.8 Å². The van der Waals surface area contributed by atoms with Crippen LogP contribution >= 0.6 is 0 Å². The number of halogens is 3. The first-order valence-corrected chi connectivity index (χ1v) is 11.6. The number of nitrogens with zero attached hydrogens (tertiary/aromatic N) is 2. The van der Waals surface area contributed by atoms with E-state index in [1.807, 2.05) is 12.1 Å². The van der Waals surface area contributed by atoms with Crippen molar-refractivity contribution in [1.82, 2.24) is 15.2 Å². The Morgan fingerprint density at radius 2 is 1.79 bits per heavy atom. The molecule has 9 heteroatoms. The van der Waals surface area contributed by atoms with E-state index in [0.717, 1.165) is 69.4 Å². The van der Waals surface area contributed by atoms with E-state index in [2.05, 4.69) is 15.2 Å². The molecule has 1 aliphatic heterocycles. The van der Waals surface area contributed by atoms with Crippen LogP contribution in [-0.4, -0.2) is 41.2 Å². The number of amides is 1. The van der Waals surface area contributed by atoms with Gasteiger partial charge < -0.3 is 11.1 Å². The second-order valence-corrected chi connectivity index (χ2v) is 8.79. The molecule has 2 aliphatic rings. The van der Waals surface area contributed by atoms with Gasteiger partial charge in [0.2, 0.25) is 5.91 Å². The fourth-order valence-corrected chi connectivity index (χ4v) is 4.43. The van der Waals surface area contributed by atoms with E-state index in [4.69, 9.17) is 5.73 Å². The lowest BCUT2D eigenvalue weighted by Crippen LogP contribution is -2.43. The summed E-state index contributed by atoms with van der Waals surface area (Å²) in [5.41, 5.74) is 7.12. The maximum Gasteiger partial charge on any atom is 0.433 e. The smallest absolute Gasteiger partial charge is 0.398 e. The highest BCUT2D eigenvalue weighted by Crippen LogP contribution is 2.26. The first-order chi connectivity index (χ1) is 16.3. The lowest BCUT2D eigenvalue weighted by atomic mass is 9.94. The number of piperidine rings is 1. The van der Waals surface area contributed by atoms with Crippen LogP contribution in [-0.2, 0) is 17.5 Å². The predicted octanol–water partition coefficient (Wildman–Crippen LogP) is 4.45. The molecule has 0 bridgehead atoms. The van der Waals surface area contributed by atoms with Gasteiger partial charge in [-0.2, -0.15) is 13.2 Å². The van der Waals surface area contributed by atoms with E-state index in [1.165, 1.54) is 25.0 Å². The number of anilines is 1. The summed E-state index contributed by atoms with van der Waals surface area (Å²) >= 11 is 0. The van der Waals surface area contributed by atoms with Crippen molar-refractivity contribution in [2.24, 2.45) is 5.92 Å². The molecule has 1 aromatic heterocycles. The highest BCUT2D eigenvalue weighted by molar-refractivity contribution is 5.85. The summed E-state index contributed by atoms with van der Waals surface area (Å²) in [6.45, 7) is 2.49. The molecular formula is C25H31F3N4O2. The molecule has 1 amide bonds. The Bertz CT molecular complexity index is 939. The van der Waals surface area contributed by atoms with Gasteiger partial charge in [0.15, 0.2) is 6.29 Å². The summed E-state index contributed by atoms with van der Waals surface area (Å²) in [7, 11) is 0. The average Bonchev–Trinajstić information content (AvgIpc) is 3.33. The van der Waals surface area contributed by atoms with Crippen molar-refractivity contribution in [3.63, 3.8) is 0 Å². The molecule has 1 aliphatic carbocycles. The van der Waals surface area contributed by atoms with Crippen LogP contribution in [0.3, 0.4) is 0 Å². The van der Waals surface area contributed by atoms with Crippen molar-refractivity contribution in [3.8, 4) is 0 Å². The molecule has 184 valence electrons. The van der Waals surface area contributed by atoms with Gasteiger partial charge in [0, 0.05) is 36.0 Å². The standard InChI is InChI=1S/C19H27N3O2.C6H4F3N/c20-18-7-3-4-15(17(18)13-23)12-22-10-8-14(9-11-22)19(24)21-16-5-1-2-6-16;7-6(8,9)5-3-1-2-4-10-5/h3-4,7,13-14,16H,1-2,5-6,8-12,20H2,(H,21,24);1-4H. The molecule has 0 atom stereocenters. The number of aldehydes is 1. The van der Waals surface area contributed by atoms with Gasteiger partial charge in [-0.3, -0.25) is 19.5 Å². The maximum absolute atomic E-state index is 12.4. The van der Waals surface area contributed by atoms with E-state index >= 15 is 0 Å². The summed E-state index contributed by atoms with van der Waals surface area (Å²) in [5, 5.41) is 3.22. The fraction of sp³-hybridized carbons (Fsp3) is 0.480. The number of nitrogens with two attached hydrogens (primary N) is 1. The normalized spacial score (nSPS) is 17.6. The number of hydrogen-bond donors (Lipinski definition) is 2. The Hall–Kier alpha value is -2.94. The Kier molecular flexibility index (Phi) is 9.04. The molecule has 2 heterocycles. The molecule has 0 spiro atoms. The molecule has 2 fully saturated rings. The van der Waals surface area contributed by atoms with Gasteiger partial charge in [0.1, 0.15) is 5.69 Å². The van der Waals surface area contributed by atoms with Gasteiger partial charge in [0.25, 0.3) is 0 Å². The first kappa shape index (κ1) is 25.7. The number of pyridine rings is 1. The van der Waals surface area contributed by atoms with Crippen LogP contribution in [0.1, 0.15) is 60.1 Å². The van der Waals surface area contributed by atoms with E-state index in [1.54, 1.807) is 6.07 Å². The minimum atomic E-state index is -4.32. The molecule has 4 rings (SSSR count). The molecule has 0 unspecified atom stereocenters. The number of likely N-dealkylation sites (tertiary alicyclic amines) is 1. The van der Waals surface area contributed by atoms with Crippen LogP contribution < -0.4 is 11.1 Å². The molecular weight excluding hydrogens is 445 g/mol. The second-order valence-electron chi connectivity index (χ2n) is 8.79. The summed E-state index contributed by atoms with van der Waals surface area (Å²) in [6.07, 6.45) is 4.15. The van der Waals surface area contributed by atoms with Gasteiger partial charge in [-0.25, -0.2) is 0 Å². The number of hydrogen-bond acceptors (Lipinski definition) is 5. The van der Waals surface area contributed by atoms with Crippen molar-refractivity contribution in [2.75, 3.05) is 18.8 Å². The maximum atomic E-state index is 12.4. The third kappa shape index (κ3) is 7.28. The summed E-state index contributed by atoms with van der Waals surface area (Å²) in [6, 6.07) is 9.68. The SMILES string of the molecule is FC(F)(F)c1ccccn1.Nc1cccc(CN2CCC(C(=O)NC3CCCC3)CC2)c1C=O. The topological polar surface area (TPSA) is 88.3 Å². The Balaban J connectivity index is 0.000000271. The number of carbonyl (C=O) groups excluding carboxylic acids is 2. The number of nitrogens with one attached hydrogen (secondary N) is 1. The molecule has 1 aromatic carbocycles. The van der Waals surface area contributed by atoms with E-state index in [0.29, 0.717) is 17.3 Å². The summed E-state index contributed by atoms with van der Waals surface area (Å²) in [4.78, 5) is 29.0. The number of carbonyl (C=O) groups is 2. The van der Waals surface area contributed by atoms with Crippen LogP contribution in [0.2, 0.25) is 0 Å². The molecule has 1 saturated carbocycles. The molecule has 6 nitrogen and oxygen atoms in total. The highest BCUT2D eigenvalue weighted by atomic mass is 19.4. The van der Waals surface area contributed by atoms with Crippen molar-refractivity contribution >= 4 is 17.9 Å². The first-order valence-electron chi connectivity index (χ1n) is 11.6. The van der Waals surface area contributed by atoms with Crippen LogP contribution in [0, 0.1) is 5.92 Å². The van der Waals surface area contributed by atoms with Crippen molar-refractivity contribution < 1.29 is 22.8 Å². The Morgan fingerprint density at radius 1 is 1.09 bits per heavy atom. The number of alkyl halides is 3. The molecule has 0 radical (unpaired) electrons. The second kappa shape index (κ2) is 12.0. The zero-order valence-corrected chi connectivity index (χ0v) is 19.1. The van der Waals surface area contributed by atoms with E-state index in [9.17, 15) is 22.8 Å². The van der Waals surface area contributed by atoms with Crippen molar-refractivity contribution in [2.45, 2.75) is 57.3 Å². The zero-order chi connectivity index (χ0) is 24.6. The largest absolute Gasteiger partial charge is 0.433 e. The monoisotopic (exact) mass is 476 g/mol. The number of benzene rings is 1.